The molecule has 2 heterocycles. The fourth-order valence-corrected chi connectivity index (χ4v) is 1.88. The van der Waals surface area contributed by atoms with Crippen LogP contribution in [0.3, 0.4) is 0 Å². The Bertz CT molecular complexity index is 558. The number of H-pyrrole nitrogens is 1. The predicted octanol–water partition coefficient (Wildman–Crippen LogP) is 1.60. The third-order valence-corrected chi connectivity index (χ3v) is 2.89. The highest BCUT2D eigenvalue weighted by molar-refractivity contribution is 7.13. The lowest BCUT2D eigenvalue weighted by molar-refractivity contribution is 0.778. The molecule has 6 heteroatoms. The van der Waals surface area contributed by atoms with E-state index in [0.29, 0.717) is 16.4 Å². The maximum absolute atomic E-state index is 11.6. The molecule has 0 fully saturated rings. The van der Waals surface area contributed by atoms with Crippen LogP contribution < -0.4 is 11.3 Å². The Morgan fingerprint density at radius 1 is 1.50 bits per heavy atom. The van der Waals surface area contributed by atoms with E-state index in [9.17, 15) is 4.79 Å². The molecule has 0 atom stereocenters. The molecule has 2 rings (SSSR count). The van der Waals surface area contributed by atoms with E-state index in [4.69, 9.17) is 5.73 Å². The minimum absolute atomic E-state index is 0.241. The average Bonchev–Trinajstić information content (AvgIpc) is 2.65. The molecular weight excluding hydrogens is 224 g/mol. The first-order valence-corrected chi connectivity index (χ1v) is 5.77. The number of nitrogens with two attached hydrogens (primary N) is 1. The van der Waals surface area contributed by atoms with Gasteiger partial charge in [-0.2, -0.15) is 5.10 Å². The first-order chi connectivity index (χ1) is 7.58. The average molecular weight is 236 g/mol. The molecule has 0 aliphatic heterocycles. The molecule has 0 aromatic carbocycles. The summed E-state index contributed by atoms with van der Waals surface area (Å²) in [5.41, 5.74) is 7.26. The van der Waals surface area contributed by atoms with Crippen LogP contribution in [-0.2, 0) is 0 Å². The van der Waals surface area contributed by atoms with Gasteiger partial charge >= 0.3 is 0 Å². The van der Waals surface area contributed by atoms with Gasteiger partial charge in [0.15, 0.2) is 5.13 Å². The quantitative estimate of drug-likeness (QED) is 0.829. The van der Waals surface area contributed by atoms with Crippen LogP contribution in [-0.4, -0.2) is 15.2 Å². The SMILES string of the molecule is CC(C)c1cc(-c2csc(N)n2)c(=O)[nH]n1. The zero-order valence-electron chi connectivity index (χ0n) is 9.02. The molecule has 0 bridgehead atoms. The Kier molecular flexibility index (Phi) is 2.74. The lowest BCUT2D eigenvalue weighted by Crippen LogP contribution is -2.13. The van der Waals surface area contributed by atoms with Gasteiger partial charge in [0.05, 0.1) is 17.0 Å². The van der Waals surface area contributed by atoms with Crippen molar-refractivity contribution in [3.63, 3.8) is 0 Å². The van der Waals surface area contributed by atoms with Crippen molar-refractivity contribution in [2.45, 2.75) is 19.8 Å². The van der Waals surface area contributed by atoms with Gasteiger partial charge in [0.2, 0.25) is 0 Å². The molecule has 5 nitrogen and oxygen atoms in total. The van der Waals surface area contributed by atoms with Gasteiger partial charge in [0.25, 0.3) is 5.56 Å². The molecule has 0 unspecified atom stereocenters. The van der Waals surface area contributed by atoms with Gasteiger partial charge in [0.1, 0.15) is 0 Å². The van der Waals surface area contributed by atoms with Gasteiger partial charge in [-0.15, -0.1) is 11.3 Å². The van der Waals surface area contributed by atoms with Crippen LogP contribution in [0.1, 0.15) is 25.5 Å². The summed E-state index contributed by atoms with van der Waals surface area (Å²) in [5, 5.41) is 8.68. The van der Waals surface area contributed by atoms with Gasteiger partial charge in [-0.1, -0.05) is 13.8 Å². The smallest absolute Gasteiger partial charge is 0.273 e. The first-order valence-electron chi connectivity index (χ1n) is 4.89. The number of thiazole rings is 1. The van der Waals surface area contributed by atoms with Crippen molar-refractivity contribution in [3.8, 4) is 11.3 Å². The minimum atomic E-state index is -0.241. The predicted molar refractivity (Wildman–Crippen MR) is 64.5 cm³/mol. The molecule has 2 aromatic rings. The number of nitrogens with zero attached hydrogens (tertiary/aromatic N) is 2. The lowest BCUT2D eigenvalue weighted by atomic mass is 10.1. The Morgan fingerprint density at radius 3 is 2.81 bits per heavy atom. The summed E-state index contributed by atoms with van der Waals surface area (Å²) in [7, 11) is 0. The fourth-order valence-electron chi connectivity index (χ4n) is 1.32. The summed E-state index contributed by atoms with van der Waals surface area (Å²) in [6, 6.07) is 1.76. The summed E-state index contributed by atoms with van der Waals surface area (Å²) >= 11 is 1.32. The van der Waals surface area contributed by atoms with Crippen molar-refractivity contribution in [1.29, 1.82) is 0 Å². The van der Waals surface area contributed by atoms with Crippen LogP contribution >= 0.6 is 11.3 Å². The topological polar surface area (TPSA) is 84.7 Å². The molecule has 3 N–H and O–H groups in total. The molecular formula is C10H12N4OS. The number of nitrogens with one attached hydrogen (secondary N) is 1. The van der Waals surface area contributed by atoms with Crippen LogP contribution in [0.4, 0.5) is 5.13 Å². The van der Waals surface area contributed by atoms with Crippen LogP contribution in [0.2, 0.25) is 0 Å². The second-order valence-electron chi connectivity index (χ2n) is 3.76. The van der Waals surface area contributed by atoms with Crippen molar-refractivity contribution in [2.24, 2.45) is 0 Å². The van der Waals surface area contributed by atoms with Gasteiger partial charge in [-0.25, -0.2) is 10.1 Å². The molecule has 0 amide bonds. The van der Waals surface area contributed by atoms with E-state index in [1.54, 1.807) is 11.4 Å². The Labute approximate surface area is 96.4 Å². The standard InChI is InChI=1S/C10H12N4OS/c1-5(2)7-3-6(9(15)14-13-7)8-4-16-10(11)12-8/h3-5H,1-2H3,(H2,11,12)(H,14,15). The summed E-state index contributed by atoms with van der Waals surface area (Å²) in [5.74, 6) is 0.256. The van der Waals surface area contributed by atoms with Crippen molar-refractivity contribution < 1.29 is 0 Å². The van der Waals surface area contributed by atoms with Crippen LogP contribution in [0.5, 0.6) is 0 Å². The molecule has 84 valence electrons. The van der Waals surface area contributed by atoms with Crippen LogP contribution in [0, 0.1) is 0 Å². The van der Waals surface area contributed by atoms with Gasteiger partial charge in [0, 0.05) is 5.38 Å². The van der Waals surface area contributed by atoms with E-state index in [2.05, 4.69) is 15.2 Å². The van der Waals surface area contributed by atoms with Crippen LogP contribution in [0.25, 0.3) is 11.3 Å². The molecule has 0 aliphatic carbocycles. The largest absolute Gasteiger partial charge is 0.375 e. The molecule has 16 heavy (non-hydrogen) atoms. The Hall–Kier alpha value is -1.69. The normalized spacial score (nSPS) is 10.9. The number of hydrogen-bond donors (Lipinski definition) is 2. The zero-order valence-corrected chi connectivity index (χ0v) is 9.84. The zero-order chi connectivity index (χ0) is 11.7. The number of hydrogen-bond acceptors (Lipinski definition) is 5. The first kappa shape index (κ1) is 10.8. The summed E-state index contributed by atoms with van der Waals surface area (Å²) < 4.78 is 0. The number of aromatic amines is 1. The van der Waals surface area contributed by atoms with E-state index in [0.717, 1.165) is 5.69 Å². The van der Waals surface area contributed by atoms with Crippen molar-refractivity contribution in [3.05, 3.63) is 27.5 Å². The third kappa shape index (κ3) is 1.96. The maximum Gasteiger partial charge on any atom is 0.273 e. The van der Waals surface area contributed by atoms with Crippen LogP contribution in [0.15, 0.2) is 16.2 Å². The minimum Gasteiger partial charge on any atom is -0.375 e. The Morgan fingerprint density at radius 2 is 2.25 bits per heavy atom. The number of anilines is 1. The monoisotopic (exact) mass is 236 g/mol. The highest BCUT2D eigenvalue weighted by Crippen LogP contribution is 2.21. The van der Waals surface area contributed by atoms with E-state index < -0.39 is 0 Å². The van der Waals surface area contributed by atoms with Gasteiger partial charge in [-0.05, 0) is 12.0 Å². The highest BCUT2D eigenvalue weighted by atomic mass is 32.1. The molecule has 0 saturated heterocycles. The highest BCUT2D eigenvalue weighted by Gasteiger charge is 2.10. The molecule has 0 saturated carbocycles. The second-order valence-corrected chi connectivity index (χ2v) is 4.65. The maximum atomic E-state index is 11.6. The number of aromatic nitrogens is 3. The molecule has 0 spiro atoms. The van der Waals surface area contributed by atoms with E-state index >= 15 is 0 Å². The summed E-state index contributed by atoms with van der Waals surface area (Å²) in [6.07, 6.45) is 0. The molecule has 0 radical (unpaired) electrons. The fraction of sp³-hybridized carbons (Fsp3) is 0.300. The van der Waals surface area contributed by atoms with Crippen molar-refractivity contribution in [2.75, 3.05) is 5.73 Å². The second kappa shape index (κ2) is 4.05. The Balaban J connectivity index is 2.55. The third-order valence-electron chi connectivity index (χ3n) is 2.21. The number of rotatable bonds is 2. The van der Waals surface area contributed by atoms with E-state index in [1.165, 1.54) is 11.3 Å². The van der Waals surface area contributed by atoms with Crippen molar-refractivity contribution in [1.82, 2.24) is 15.2 Å². The van der Waals surface area contributed by atoms with E-state index in [-0.39, 0.29) is 11.5 Å². The lowest BCUT2D eigenvalue weighted by Gasteiger charge is -2.04. The van der Waals surface area contributed by atoms with Gasteiger partial charge in [-0.3, -0.25) is 4.79 Å². The van der Waals surface area contributed by atoms with Crippen molar-refractivity contribution >= 4 is 16.5 Å². The molecule has 0 aliphatic rings. The summed E-state index contributed by atoms with van der Waals surface area (Å²) in [4.78, 5) is 15.7. The molecule has 2 aromatic heterocycles. The number of nitrogen functional groups attached to an aromatic ring is 1. The summed E-state index contributed by atoms with van der Waals surface area (Å²) in [6.45, 7) is 4.03. The van der Waals surface area contributed by atoms with Gasteiger partial charge < -0.3 is 5.73 Å². The van der Waals surface area contributed by atoms with E-state index in [1.807, 2.05) is 13.8 Å².